The standard InChI is InChI=1S/C13H18ClIN2/c1-9-7-16-13(2,3)8-17(9)12-5-4-10(14)6-11(12)15/h4-6,9,16H,7-8H2,1-3H3. The molecule has 2 rings (SSSR count). The molecule has 1 aromatic rings. The number of hydrogen-bond acceptors (Lipinski definition) is 2. The normalized spacial score (nSPS) is 23.8. The average Bonchev–Trinajstić information content (AvgIpc) is 2.22. The molecule has 1 aromatic carbocycles. The number of benzene rings is 1. The summed E-state index contributed by atoms with van der Waals surface area (Å²) in [5.41, 5.74) is 1.45. The summed E-state index contributed by atoms with van der Waals surface area (Å²) < 4.78 is 1.22. The molecule has 0 aromatic heterocycles. The first-order chi connectivity index (χ1) is 7.89. The first kappa shape index (κ1) is 13.4. The Kier molecular flexibility index (Phi) is 3.90. The Morgan fingerprint density at radius 1 is 1.47 bits per heavy atom. The summed E-state index contributed by atoms with van der Waals surface area (Å²) in [6.07, 6.45) is 0. The topological polar surface area (TPSA) is 15.3 Å². The predicted molar refractivity (Wildman–Crippen MR) is 83.1 cm³/mol. The molecule has 2 nitrogen and oxygen atoms in total. The molecule has 0 radical (unpaired) electrons. The molecule has 0 saturated carbocycles. The lowest BCUT2D eigenvalue weighted by Crippen LogP contribution is -2.61. The highest BCUT2D eigenvalue weighted by molar-refractivity contribution is 14.1. The van der Waals surface area contributed by atoms with E-state index < -0.39 is 0 Å². The van der Waals surface area contributed by atoms with Gasteiger partial charge in [-0.05, 0) is 61.6 Å². The van der Waals surface area contributed by atoms with Gasteiger partial charge in [-0.1, -0.05) is 11.6 Å². The molecule has 17 heavy (non-hydrogen) atoms. The molecular weight excluding hydrogens is 347 g/mol. The molecule has 4 heteroatoms. The quantitative estimate of drug-likeness (QED) is 0.767. The summed E-state index contributed by atoms with van der Waals surface area (Å²) in [5, 5.41) is 4.37. The number of hydrogen-bond donors (Lipinski definition) is 1. The molecule has 1 aliphatic rings. The van der Waals surface area contributed by atoms with E-state index in [-0.39, 0.29) is 5.54 Å². The Labute approximate surface area is 122 Å². The van der Waals surface area contributed by atoms with Crippen LogP contribution in [0.5, 0.6) is 0 Å². The molecular formula is C13H18ClIN2. The smallest absolute Gasteiger partial charge is 0.0506 e. The third-order valence-corrected chi connectivity index (χ3v) is 4.29. The summed E-state index contributed by atoms with van der Waals surface area (Å²) in [7, 11) is 0. The van der Waals surface area contributed by atoms with Crippen LogP contribution in [0.2, 0.25) is 5.02 Å². The first-order valence-electron chi connectivity index (χ1n) is 5.86. The third kappa shape index (κ3) is 3.06. The number of rotatable bonds is 1. The largest absolute Gasteiger partial charge is 0.365 e. The Bertz CT molecular complexity index is 420. The van der Waals surface area contributed by atoms with Gasteiger partial charge in [0.2, 0.25) is 0 Å². The zero-order valence-electron chi connectivity index (χ0n) is 10.4. The first-order valence-corrected chi connectivity index (χ1v) is 7.31. The predicted octanol–water partition coefficient (Wildman–Crippen LogP) is 3.52. The molecule has 0 aliphatic carbocycles. The molecule has 0 spiro atoms. The van der Waals surface area contributed by atoms with E-state index in [1.807, 2.05) is 12.1 Å². The highest BCUT2D eigenvalue weighted by Crippen LogP contribution is 2.30. The van der Waals surface area contributed by atoms with Gasteiger partial charge < -0.3 is 10.2 Å². The summed E-state index contributed by atoms with van der Waals surface area (Å²) in [6, 6.07) is 6.64. The minimum absolute atomic E-state index is 0.162. The zero-order chi connectivity index (χ0) is 12.6. The van der Waals surface area contributed by atoms with Gasteiger partial charge in [0.15, 0.2) is 0 Å². The molecule has 1 atom stereocenters. The van der Waals surface area contributed by atoms with Crippen molar-refractivity contribution in [1.29, 1.82) is 0 Å². The minimum atomic E-state index is 0.162. The van der Waals surface area contributed by atoms with Gasteiger partial charge in [-0.3, -0.25) is 0 Å². The van der Waals surface area contributed by atoms with Gasteiger partial charge in [0.25, 0.3) is 0 Å². The van der Waals surface area contributed by atoms with E-state index in [9.17, 15) is 0 Å². The molecule has 1 N–H and O–H groups in total. The lowest BCUT2D eigenvalue weighted by Gasteiger charge is -2.45. The molecule has 1 fully saturated rings. The van der Waals surface area contributed by atoms with Gasteiger partial charge in [-0.2, -0.15) is 0 Å². The fourth-order valence-electron chi connectivity index (χ4n) is 2.21. The molecule has 0 bridgehead atoms. The van der Waals surface area contributed by atoms with Crippen LogP contribution in [-0.4, -0.2) is 24.7 Å². The van der Waals surface area contributed by atoms with E-state index >= 15 is 0 Å². The van der Waals surface area contributed by atoms with Crippen molar-refractivity contribution in [2.45, 2.75) is 32.4 Å². The van der Waals surface area contributed by atoms with Crippen molar-refractivity contribution in [2.24, 2.45) is 0 Å². The fourth-order valence-corrected chi connectivity index (χ4v) is 3.39. The lowest BCUT2D eigenvalue weighted by molar-refractivity contribution is 0.318. The molecule has 1 heterocycles. The Hall–Kier alpha value is -0.000000000000000111. The maximum Gasteiger partial charge on any atom is 0.0506 e. The number of anilines is 1. The second-order valence-electron chi connectivity index (χ2n) is 5.34. The van der Waals surface area contributed by atoms with Crippen LogP contribution in [0, 0.1) is 3.57 Å². The van der Waals surface area contributed by atoms with Crippen molar-refractivity contribution in [3.05, 3.63) is 26.8 Å². The van der Waals surface area contributed by atoms with Crippen LogP contribution in [-0.2, 0) is 0 Å². The van der Waals surface area contributed by atoms with E-state index in [1.54, 1.807) is 0 Å². The summed E-state index contributed by atoms with van der Waals surface area (Å²) in [6.45, 7) is 8.79. The molecule has 94 valence electrons. The van der Waals surface area contributed by atoms with Crippen molar-refractivity contribution < 1.29 is 0 Å². The SMILES string of the molecule is CC1CNC(C)(C)CN1c1ccc(Cl)cc1I. The molecule has 1 saturated heterocycles. The van der Waals surface area contributed by atoms with Crippen molar-refractivity contribution in [2.75, 3.05) is 18.0 Å². The average molecular weight is 365 g/mol. The van der Waals surface area contributed by atoms with E-state index in [0.717, 1.165) is 18.1 Å². The highest BCUT2D eigenvalue weighted by atomic mass is 127. The van der Waals surface area contributed by atoms with E-state index in [1.165, 1.54) is 9.26 Å². The Balaban J connectivity index is 2.31. The van der Waals surface area contributed by atoms with Crippen molar-refractivity contribution in [3.8, 4) is 0 Å². The number of halogens is 2. The van der Waals surface area contributed by atoms with Crippen LogP contribution >= 0.6 is 34.2 Å². The van der Waals surface area contributed by atoms with Crippen LogP contribution in [0.3, 0.4) is 0 Å². The monoisotopic (exact) mass is 364 g/mol. The number of nitrogens with one attached hydrogen (secondary N) is 1. The Morgan fingerprint density at radius 2 is 2.18 bits per heavy atom. The molecule has 1 unspecified atom stereocenters. The number of piperazine rings is 1. The summed E-state index contributed by atoms with van der Waals surface area (Å²) in [4.78, 5) is 2.47. The van der Waals surface area contributed by atoms with Gasteiger partial charge in [0.05, 0.1) is 5.69 Å². The van der Waals surface area contributed by atoms with Crippen molar-refractivity contribution in [1.82, 2.24) is 5.32 Å². The van der Waals surface area contributed by atoms with Crippen molar-refractivity contribution >= 4 is 39.9 Å². The van der Waals surface area contributed by atoms with Crippen LogP contribution in [0.4, 0.5) is 5.69 Å². The summed E-state index contributed by atoms with van der Waals surface area (Å²) in [5.74, 6) is 0. The maximum atomic E-state index is 6.01. The van der Waals surface area contributed by atoms with Crippen LogP contribution in [0.1, 0.15) is 20.8 Å². The maximum absolute atomic E-state index is 6.01. The fraction of sp³-hybridized carbons (Fsp3) is 0.538. The van der Waals surface area contributed by atoms with E-state index in [4.69, 9.17) is 11.6 Å². The third-order valence-electron chi connectivity index (χ3n) is 3.19. The Morgan fingerprint density at radius 3 is 2.82 bits per heavy atom. The van der Waals surface area contributed by atoms with Crippen LogP contribution in [0.25, 0.3) is 0 Å². The summed E-state index contributed by atoms with van der Waals surface area (Å²) >= 11 is 8.38. The van der Waals surface area contributed by atoms with E-state index in [0.29, 0.717) is 6.04 Å². The van der Waals surface area contributed by atoms with Gasteiger partial charge in [0, 0.05) is 33.3 Å². The lowest BCUT2D eigenvalue weighted by atomic mass is 9.98. The van der Waals surface area contributed by atoms with Gasteiger partial charge in [0.1, 0.15) is 0 Å². The van der Waals surface area contributed by atoms with Crippen LogP contribution < -0.4 is 10.2 Å². The second kappa shape index (κ2) is 4.94. The van der Waals surface area contributed by atoms with Gasteiger partial charge in [-0.15, -0.1) is 0 Å². The molecule has 1 aliphatic heterocycles. The van der Waals surface area contributed by atoms with E-state index in [2.05, 4.69) is 59.6 Å². The number of nitrogens with zero attached hydrogens (tertiary/aromatic N) is 1. The minimum Gasteiger partial charge on any atom is -0.365 e. The zero-order valence-corrected chi connectivity index (χ0v) is 13.3. The highest BCUT2D eigenvalue weighted by Gasteiger charge is 2.30. The van der Waals surface area contributed by atoms with Gasteiger partial charge >= 0.3 is 0 Å². The molecule has 0 amide bonds. The van der Waals surface area contributed by atoms with Crippen molar-refractivity contribution in [3.63, 3.8) is 0 Å². The van der Waals surface area contributed by atoms with Gasteiger partial charge in [-0.25, -0.2) is 0 Å². The van der Waals surface area contributed by atoms with Crippen LogP contribution in [0.15, 0.2) is 18.2 Å². The second-order valence-corrected chi connectivity index (χ2v) is 6.94.